The zero-order chi connectivity index (χ0) is 13.8. The van der Waals surface area contributed by atoms with Gasteiger partial charge in [-0.1, -0.05) is 46.2 Å². The van der Waals surface area contributed by atoms with Crippen LogP contribution in [-0.2, 0) is 6.42 Å². The van der Waals surface area contributed by atoms with Gasteiger partial charge >= 0.3 is 0 Å². The second-order valence-electron chi connectivity index (χ2n) is 5.99. The minimum atomic E-state index is 0.204. The number of nitrogens with one attached hydrogen (secondary N) is 1. The van der Waals surface area contributed by atoms with Crippen molar-refractivity contribution < 1.29 is 0 Å². The molecule has 0 aliphatic carbocycles. The van der Waals surface area contributed by atoms with Gasteiger partial charge in [0.2, 0.25) is 0 Å². The highest BCUT2D eigenvalue weighted by Crippen LogP contribution is 2.32. The van der Waals surface area contributed by atoms with Gasteiger partial charge in [-0.05, 0) is 29.4 Å². The van der Waals surface area contributed by atoms with Gasteiger partial charge in [0.25, 0.3) is 0 Å². The Balaban J connectivity index is 2.83. The number of rotatable bonds is 6. The largest absolute Gasteiger partial charge is 0.314 e. The topological polar surface area (TPSA) is 24.9 Å². The van der Waals surface area contributed by atoms with Crippen molar-refractivity contribution in [1.82, 2.24) is 10.3 Å². The van der Waals surface area contributed by atoms with Gasteiger partial charge in [0, 0.05) is 25.0 Å². The van der Waals surface area contributed by atoms with Gasteiger partial charge in [0.1, 0.15) is 0 Å². The first-order valence-corrected chi connectivity index (χ1v) is 7.04. The quantitative estimate of drug-likeness (QED) is 0.845. The fraction of sp³-hybridized carbons (Fsp3) is 0.667. The highest BCUT2D eigenvalue weighted by molar-refractivity contribution is 6.31. The summed E-state index contributed by atoms with van der Waals surface area (Å²) in [7, 11) is 0. The molecule has 1 aromatic rings. The summed E-state index contributed by atoms with van der Waals surface area (Å²) < 4.78 is 0. The molecule has 0 aliphatic rings. The Morgan fingerprint density at radius 2 is 2.00 bits per heavy atom. The van der Waals surface area contributed by atoms with Crippen molar-refractivity contribution in [3.63, 3.8) is 0 Å². The molecule has 0 saturated carbocycles. The van der Waals surface area contributed by atoms with Crippen LogP contribution in [0.3, 0.4) is 0 Å². The number of pyridine rings is 1. The third kappa shape index (κ3) is 4.25. The molecule has 0 spiro atoms. The van der Waals surface area contributed by atoms with Crippen LogP contribution in [0.15, 0.2) is 18.5 Å². The molecule has 3 heteroatoms. The maximum absolute atomic E-state index is 6.21. The first kappa shape index (κ1) is 15.5. The molecule has 0 aromatic carbocycles. The minimum absolute atomic E-state index is 0.204. The summed E-state index contributed by atoms with van der Waals surface area (Å²) in [6, 6.07) is 2.54. The van der Waals surface area contributed by atoms with E-state index in [1.807, 2.05) is 12.3 Å². The standard InChI is InChI=1S/C15H25ClN2/c1-11(2)15(5,10-18-12(3)4)8-13-6-7-17-9-14(13)16/h6-7,9,11-12,18H,8,10H2,1-5H3. The lowest BCUT2D eigenvalue weighted by Crippen LogP contribution is -2.40. The maximum Gasteiger partial charge on any atom is 0.0621 e. The van der Waals surface area contributed by atoms with Gasteiger partial charge in [-0.15, -0.1) is 0 Å². The van der Waals surface area contributed by atoms with Crippen LogP contribution in [-0.4, -0.2) is 17.6 Å². The lowest BCUT2D eigenvalue weighted by atomic mass is 9.74. The van der Waals surface area contributed by atoms with Crippen molar-refractivity contribution in [3.05, 3.63) is 29.0 Å². The fourth-order valence-corrected chi connectivity index (χ4v) is 2.08. The Kier molecular flexibility index (Phi) is 5.61. The Hall–Kier alpha value is -0.600. The molecule has 1 aromatic heterocycles. The Morgan fingerprint density at radius 1 is 1.33 bits per heavy atom. The summed E-state index contributed by atoms with van der Waals surface area (Å²) in [6.07, 6.45) is 4.52. The lowest BCUT2D eigenvalue weighted by molar-refractivity contribution is 0.202. The average molecular weight is 269 g/mol. The summed E-state index contributed by atoms with van der Waals surface area (Å²) in [4.78, 5) is 4.05. The Bertz CT molecular complexity index is 377. The van der Waals surface area contributed by atoms with E-state index in [0.717, 1.165) is 18.0 Å². The van der Waals surface area contributed by atoms with E-state index in [0.29, 0.717) is 12.0 Å². The highest BCUT2D eigenvalue weighted by atomic mass is 35.5. The number of aromatic nitrogens is 1. The van der Waals surface area contributed by atoms with E-state index < -0.39 is 0 Å². The van der Waals surface area contributed by atoms with Crippen LogP contribution in [0.2, 0.25) is 5.02 Å². The monoisotopic (exact) mass is 268 g/mol. The van der Waals surface area contributed by atoms with Gasteiger partial charge in [-0.3, -0.25) is 4.98 Å². The molecule has 102 valence electrons. The van der Waals surface area contributed by atoms with Crippen LogP contribution in [0.1, 0.15) is 40.2 Å². The van der Waals surface area contributed by atoms with Crippen LogP contribution in [0.25, 0.3) is 0 Å². The summed E-state index contributed by atoms with van der Waals surface area (Å²) in [6.45, 7) is 12.2. The SMILES string of the molecule is CC(C)NCC(C)(Cc1ccncc1Cl)C(C)C. The van der Waals surface area contributed by atoms with Gasteiger partial charge in [-0.2, -0.15) is 0 Å². The van der Waals surface area contributed by atoms with Crippen LogP contribution < -0.4 is 5.32 Å². The van der Waals surface area contributed by atoms with Gasteiger partial charge in [-0.25, -0.2) is 0 Å². The maximum atomic E-state index is 6.21. The molecular formula is C15H25ClN2. The van der Waals surface area contributed by atoms with Gasteiger partial charge < -0.3 is 5.32 Å². The van der Waals surface area contributed by atoms with Gasteiger partial charge in [0.05, 0.1) is 5.02 Å². The van der Waals surface area contributed by atoms with E-state index in [9.17, 15) is 0 Å². The number of hydrogen-bond acceptors (Lipinski definition) is 2. The van der Waals surface area contributed by atoms with Crippen LogP contribution in [0.4, 0.5) is 0 Å². The zero-order valence-corrected chi connectivity index (χ0v) is 12.9. The molecule has 1 N–H and O–H groups in total. The van der Waals surface area contributed by atoms with Crippen molar-refractivity contribution >= 4 is 11.6 Å². The molecule has 0 aliphatic heterocycles. The number of nitrogens with zero attached hydrogens (tertiary/aromatic N) is 1. The van der Waals surface area contributed by atoms with Crippen molar-refractivity contribution in [3.8, 4) is 0 Å². The van der Waals surface area contributed by atoms with Crippen LogP contribution in [0.5, 0.6) is 0 Å². The molecule has 0 amide bonds. The second kappa shape index (κ2) is 6.53. The van der Waals surface area contributed by atoms with Crippen molar-refractivity contribution in [2.24, 2.45) is 11.3 Å². The van der Waals surface area contributed by atoms with Crippen molar-refractivity contribution in [1.29, 1.82) is 0 Å². The van der Waals surface area contributed by atoms with E-state index in [4.69, 9.17) is 11.6 Å². The normalized spacial score (nSPS) is 15.1. The predicted molar refractivity (Wildman–Crippen MR) is 79.0 cm³/mol. The smallest absolute Gasteiger partial charge is 0.0621 e. The van der Waals surface area contributed by atoms with E-state index in [1.165, 1.54) is 5.56 Å². The predicted octanol–water partition coefficient (Wildman–Crippen LogP) is 3.94. The van der Waals surface area contributed by atoms with Crippen molar-refractivity contribution in [2.75, 3.05) is 6.54 Å². The molecule has 1 atom stereocenters. The molecule has 2 nitrogen and oxygen atoms in total. The first-order valence-electron chi connectivity index (χ1n) is 6.67. The van der Waals surface area contributed by atoms with Crippen molar-refractivity contribution in [2.45, 2.75) is 47.1 Å². The summed E-state index contributed by atoms with van der Waals surface area (Å²) in [5.74, 6) is 0.591. The van der Waals surface area contributed by atoms with E-state index in [-0.39, 0.29) is 5.41 Å². The molecule has 1 unspecified atom stereocenters. The zero-order valence-electron chi connectivity index (χ0n) is 12.1. The molecule has 1 rings (SSSR count). The third-order valence-electron chi connectivity index (χ3n) is 3.76. The lowest BCUT2D eigenvalue weighted by Gasteiger charge is -2.35. The highest BCUT2D eigenvalue weighted by Gasteiger charge is 2.29. The molecule has 1 heterocycles. The van der Waals surface area contributed by atoms with E-state index in [1.54, 1.807) is 6.20 Å². The summed E-state index contributed by atoms with van der Waals surface area (Å²) >= 11 is 6.21. The summed E-state index contributed by atoms with van der Waals surface area (Å²) in [5, 5.41) is 4.32. The Morgan fingerprint density at radius 3 is 2.50 bits per heavy atom. The van der Waals surface area contributed by atoms with Gasteiger partial charge in [0.15, 0.2) is 0 Å². The number of halogens is 1. The van der Waals surface area contributed by atoms with E-state index in [2.05, 4.69) is 44.9 Å². The molecule has 18 heavy (non-hydrogen) atoms. The number of hydrogen-bond donors (Lipinski definition) is 1. The molecule has 0 bridgehead atoms. The minimum Gasteiger partial charge on any atom is -0.314 e. The molecule has 0 saturated heterocycles. The fourth-order valence-electron chi connectivity index (χ4n) is 1.89. The molecular weight excluding hydrogens is 244 g/mol. The van der Waals surface area contributed by atoms with Crippen LogP contribution in [0, 0.1) is 11.3 Å². The molecule has 0 radical (unpaired) electrons. The molecule has 0 fully saturated rings. The third-order valence-corrected chi connectivity index (χ3v) is 4.10. The Labute approximate surface area is 116 Å². The second-order valence-corrected chi connectivity index (χ2v) is 6.40. The summed E-state index contributed by atoms with van der Waals surface area (Å²) in [5.41, 5.74) is 1.39. The average Bonchev–Trinajstić information content (AvgIpc) is 2.29. The first-order chi connectivity index (χ1) is 8.35. The van der Waals surface area contributed by atoms with E-state index >= 15 is 0 Å². The van der Waals surface area contributed by atoms with Crippen LogP contribution >= 0.6 is 11.6 Å².